The summed E-state index contributed by atoms with van der Waals surface area (Å²) in [6.45, 7) is 0.698. The Morgan fingerprint density at radius 2 is 2.00 bits per heavy atom. The zero-order valence-electron chi connectivity index (χ0n) is 7.95. The van der Waals surface area contributed by atoms with Gasteiger partial charge in [0.15, 0.2) is 0 Å². The Morgan fingerprint density at radius 1 is 1.29 bits per heavy atom. The van der Waals surface area contributed by atoms with Gasteiger partial charge in [-0.25, -0.2) is 4.39 Å². The van der Waals surface area contributed by atoms with Crippen molar-refractivity contribution in [2.75, 3.05) is 6.61 Å². The predicted octanol–water partition coefficient (Wildman–Crippen LogP) is 2.00. The van der Waals surface area contributed by atoms with Crippen molar-refractivity contribution in [3.63, 3.8) is 0 Å². The van der Waals surface area contributed by atoms with E-state index >= 15 is 0 Å². The Hall–Kier alpha value is -0.930. The number of hydrogen-bond donors (Lipinski definition) is 1. The molecule has 2 N–H and O–H groups in total. The number of ether oxygens (including phenoxy) is 1. The van der Waals surface area contributed by atoms with Gasteiger partial charge in [-0.15, -0.1) is 0 Å². The molecule has 0 aliphatic carbocycles. The van der Waals surface area contributed by atoms with Crippen molar-refractivity contribution in [1.82, 2.24) is 0 Å². The second-order valence-corrected chi connectivity index (χ2v) is 3.70. The van der Waals surface area contributed by atoms with E-state index in [9.17, 15) is 4.39 Å². The third-order valence-electron chi connectivity index (χ3n) is 2.57. The third kappa shape index (κ3) is 2.11. The number of benzene rings is 1. The Labute approximate surface area is 82.9 Å². The number of nitrogens with two attached hydrogens (primary N) is 1. The van der Waals surface area contributed by atoms with Crippen LogP contribution in [0.5, 0.6) is 0 Å². The molecular weight excluding hydrogens is 181 g/mol. The maximum absolute atomic E-state index is 12.7. The Morgan fingerprint density at radius 3 is 2.64 bits per heavy atom. The lowest BCUT2D eigenvalue weighted by Gasteiger charge is -2.27. The predicted molar refractivity (Wildman–Crippen MR) is 52.3 cm³/mol. The lowest BCUT2D eigenvalue weighted by atomic mass is 9.98. The quantitative estimate of drug-likeness (QED) is 0.744. The van der Waals surface area contributed by atoms with E-state index in [0.717, 1.165) is 18.4 Å². The molecule has 2 nitrogen and oxygen atoms in total. The molecule has 1 aliphatic heterocycles. The first kappa shape index (κ1) is 9.62. The molecule has 1 saturated heterocycles. The molecule has 0 bridgehead atoms. The summed E-state index contributed by atoms with van der Waals surface area (Å²) < 4.78 is 18.2. The van der Waals surface area contributed by atoms with Gasteiger partial charge in [-0.05, 0) is 30.5 Å². The summed E-state index contributed by atoms with van der Waals surface area (Å²) in [4.78, 5) is 0. The molecule has 0 saturated carbocycles. The van der Waals surface area contributed by atoms with Crippen LogP contribution in [0.3, 0.4) is 0 Å². The van der Waals surface area contributed by atoms with Crippen LogP contribution in [-0.4, -0.2) is 12.6 Å². The van der Waals surface area contributed by atoms with Crippen LogP contribution in [0.2, 0.25) is 0 Å². The molecule has 0 amide bonds. The fraction of sp³-hybridized carbons (Fsp3) is 0.455. The van der Waals surface area contributed by atoms with Gasteiger partial charge in [0.25, 0.3) is 0 Å². The molecule has 76 valence electrons. The van der Waals surface area contributed by atoms with Gasteiger partial charge in [0.2, 0.25) is 0 Å². The molecule has 2 atom stereocenters. The van der Waals surface area contributed by atoms with Crippen LogP contribution in [0.1, 0.15) is 24.5 Å². The second-order valence-electron chi connectivity index (χ2n) is 3.70. The minimum Gasteiger partial charge on any atom is -0.373 e. The van der Waals surface area contributed by atoms with Gasteiger partial charge in [-0.3, -0.25) is 0 Å². The summed E-state index contributed by atoms with van der Waals surface area (Å²) in [5.41, 5.74) is 6.85. The van der Waals surface area contributed by atoms with E-state index in [-0.39, 0.29) is 18.0 Å². The molecule has 0 unspecified atom stereocenters. The first-order valence-electron chi connectivity index (χ1n) is 4.88. The summed E-state index contributed by atoms with van der Waals surface area (Å²) in [5.74, 6) is -0.214. The standard InChI is InChI=1S/C11H14FNO/c12-9-3-1-8(2-4-9)11-7-10(13)5-6-14-11/h1-4,10-11H,5-7,13H2/t10-,11+/m1/s1. The zero-order valence-corrected chi connectivity index (χ0v) is 7.95. The molecule has 0 aromatic heterocycles. The van der Waals surface area contributed by atoms with E-state index in [4.69, 9.17) is 10.5 Å². The molecule has 0 radical (unpaired) electrons. The van der Waals surface area contributed by atoms with Crippen LogP contribution < -0.4 is 5.73 Å². The van der Waals surface area contributed by atoms with Crippen LogP contribution in [0.4, 0.5) is 4.39 Å². The van der Waals surface area contributed by atoms with Gasteiger partial charge in [-0.2, -0.15) is 0 Å². The average molecular weight is 195 g/mol. The van der Waals surface area contributed by atoms with Crippen molar-refractivity contribution in [3.8, 4) is 0 Å². The van der Waals surface area contributed by atoms with Gasteiger partial charge in [-0.1, -0.05) is 12.1 Å². The van der Waals surface area contributed by atoms with E-state index in [2.05, 4.69) is 0 Å². The maximum Gasteiger partial charge on any atom is 0.123 e. The first-order chi connectivity index (χ1) is 6.75. The van der Waals surface area contributed by atoms with E-state index in [1.54, 1.807) is 12.1 Å². The van der Waals surface area contributed by atoms with Gasteiger partial charge in [0.1, 0.15) is 5.82 Å². The second kappa shape index (κ2) is 4.07. The van der Waals surface area contributed by atoms with Crippen molar-refractivity contribution in [2.45, 2.75) is 25.0 Å². The minimum absolute atomic E-state index is 0.0411. The summed E-state index contributed by atoms with van der Waals surface area (Å²) in [6, 6.07) is 6.65. The van der Waals surface area contributed by atoms with Crippen molar-refractivity contribution < 1.29 is 9.13 Å². The highest BCUT2D eigenvalue weighted by molar-refractivity contribution is 5.19. The molecule has 3 heteroatoms. The largest absolute Gasteiger partial charge is 0.373 e. The molecule has 1 aromatic carbocycles. The molecule has 0 spiro atoms. The van der Waals surface area contributed by atoms with E-state index in [1.807, 2.05) is 0 Å². The monoisotopic (exact) mass is 195 g/mol. The highest BCUT2D eigenvalue weighted by Gasteiger charge is 2.20. The Bertz CT molecular complexity index is 299. The van der Waals surface area contributed by atoms with E-state index < -0.39 is 0 Å². The van der Waals surface area contributed by atoms with Crippen LogP contribution in [-0.2, 0) is 4.74 Å². The highest BCUT2D eigenvalue weighted by atomic mass is 19.1. The molecule has 14 heavy (non-hydrogen) atoms. The average Bonchev–Trinajstić information content (AvgIpc) is 2.19. The van der Waals surface area contributed by atoms with Crippen molar-refractivity contribution in [2.24, 2.45) is 5.73 Å². The summed E-state index contributed by atoms with van der Waals surface area (Å²) >= 11 is 0. The van der Waals surface area contributed by atoms with E-state index in [0.29, 0.717) is 6.61 Å². The number of hydrogen-bond acceptors (Lipinski definition) is 2. The maximum atomic E-state index is 12.7. The van der Waals surface area contributed by atoms with Crippen LogP contribution in [0, 0.1) is 5.82 Å². The number of rotatable bonds is 1. The van der Waals surface area contributed by atoms with Gasteiger partial charge in [0.05, 0.1) is 6.10 Å². The molecule has 1 heterocycles. The molecule has 1 aromatic rings. The third-order valence-corrected chi connectivity index (χ3v) is 2.57. The summed E-state index contributed by atoms with van der Waals surface area (Å²) in [5, 5.41) is 0. The minimum atomic E-state index is -0.214. The van der Waals surface area contributed by atoms with Gasteiger partial charge >= 0.3 is 0 Å². The summed E-state index contributed by atoms with van der Waals surface area (Å²) in [7, 11) is 0. The van der Waals surface area contributed by atoms with Crippen LogP contribution >= 0.6 is 0 Å². The van der Waals surface area contributed by atoms with Crippen molar-refractivity contribution in [3.05, 3.63) is 35.6 Å². The molecular formula is C11H14FNO. The fourth-order valence-corrected chi connectivity index (χ4v) is 1.73. The SMILES string of the molecule is N[C@@H]1CCO[C@H](c2ccc(F)cc2)C1. The topological polar surface area (TPSA) is 35.2 Å². The van der Waals surface area contributed by atoms with Crippen molar-refractivity contribution >= 4 is 0 Å². The first-order valence-corrected chi connectivity index (χ1v) is 4.88. The number of halogens is 1. The van der Waals surface area contributed by atoms with Gasteiger partial charge in [0, 0.05) is 12.6 Å². The smallest absolute Gasteiger partial charge is 0.123 e. The van der Waals surface area contributed by atoms with E-state index in [1.165, 1.54) is 12.1 Å². The highest BCUT2D eigenvalue weighted by Crippen LogP contribution is 2.27. The van der Waals surface area contributed by atoms with Crippen LogP contribution in [0.25, 0.3) is 0 Å². The molecule has 1 aliphatic rings. The summed E-state index contributed by atoms with van der Waals surface area (Å²) in [6.07, 6.45) is 1.78. The zero-order chi connectivity index (χ0) is 9.97. The lowest BCUT2D eigenvalue weighted by Crippen LogP contribution is -2.30. The van der Waals surface area contributed by atoms with Crippen LogP contribution in [0.15, 0.2) is 24.3 Å². The lowest BCUT2D eigenvalue weighted by molar-refractivity contribution is 0.00664. The van der Waals surface area contributed by atoms with Gasteiger partial charge < -0.3 is 10.5 Å². The van der Waals surface area contributed by atoms with Crippen molar-refractivity contribution in [1.29, 1.82) is 0 Å². The molecule has 1 fully saturated rings. The fourth-order valence-electron chi connectivity index (χ4n) is 1.73. The Kier molecular flexibility index (Phi) is 2.79. The normalized spacial score (nSPS) is 27.6. The Balaban J connectivity index is 2.10. The molecule has 2 rings (SSSR count).